The van der Waals surface area contributed by atoms with Gasteiger partial charge in [0.25, 0.3) is 5.69 Å². The number of carbonyl (C=O) groups is 1. The average molecular weight is 730 g/mol. The lowest BCUT2D eigenvalue weighted by molar-refractivity contribution is -0.384. The first-order chi connectivity index (χ1) is 25.1. The van der Waals surface area contributed by atoms with E-state index < -0.39 is 4.92 Å². The molecular formula is C38H67NO12. The molecule has 0 saturated carbocycles. The Kier molecular flexibility index (Phi) is 34.2. The number of nitro benzene ring substituents is 1. The molecule has 0 amide bonds. The molecule has 0 bridgehead atoms. The van der Waals surface area contributed by atoms with Crippen molar-refractivity contribution in [1.29, 1.82) is 0 Å². The number of carbonyl (C=O) groups excluding carboxylic acids is 1. The fourth-order valence-electron chi connectivity index (χ4n) is 4.88. The third-order valence-corrected chi connectivity index (χ3v) is 7.75. The molecule has 1 rings (SSSR count). The Hall–Kier alpha value is -2.39. The van der Waals surface area contributed by atoms with E-state index >= 15 is 0 Å². The molecule has 0 atom stereocenters. The van der Waals surface area contributed by atoms with Crippen molar-refractivity contribution in [2.75, 3.05) is 106 Å². The molecule has 0 unspecified atom stereocenters. The van der Waals surface area contributed by atoms with E-state index in [-0.39, 0.29) is 18.3 Å². The highest BCUT2D eigenvalue weighted by Crippen LogP contribution is 2.17. The lowest BCUT2D eigenvalue weighted by Gasteiger charge is -2.09. The third-order valence-electron chi connectivity index (χ3n) is 7.75. The van der Waals surface area contributed by atoms with E-state index in [9.17, 15) is 14.9 Å². The van der Waals surface area contributed by atoms with Crippen LogP contribution in [0.2, 0.25) is 0 Å². The number of ether oxygens (including phenoxy) is 9. The van der Waals surface area contributed by atoms with E-state index in [0.717, 1.165) is 12.8 Å². The Morgan fingerprint density at radius 3 is 1.20 bits per heavy atom. The van der Waals surface area contributed by atoms with E-state index in [1.165, 1.54) is 82.8 Å². The first-order valence-corrected chi connectivity index (χ1v) is 19.2. The van der Waals surface area contributed by atoms with Crippen molar-refractivity contribution in [3.63, 3.8) is 0 Å². The summed E-state index contributed by atoms with van der Waals surface area (Å²) in [6.45, 7) is 9.22. The summed E-state index contributed by atoms with van der Waals surface area (Å²) in [7, 11) is 0. The Morgan fingerprint density at radius 2 is 0.824 bits per heavy atom. The van der Waals surface area contributed by atoms with Crippen LogP contribution in [0.3, 0.4) is 0 Å². The highest BCUT2D eigenvalue weighted by molar-refractivity contribution is 5.69. The number of unbranched alkanes of at least 4 members (excludes halogenated alkanes) is 12. The van der Waals surface area contributed by atoms with Crippen LogP contribution in [-0.4, -0.2) is 117 Å². The quantitative estimate of drug-likeness (QED) is 0.0294. The van der Waals surface area contributed by atoms with Crippen LogP contribution in [-0.2, 0) is 42.7 Å². The van der Waals surface area contributed by atoms with E-state index in [4.69, 9.17) is 42.6 Å². The molecule has 0 radical (unpaired) electrons. The molecule has 0 N–H and O–H groups in total. The molecule has 296 valence electrons. The summed E-state index contributed by atoms with van der Waals surface area (Å²) in [6, 6.07) is 5.91. The number of benzene rings is 1. The summed E-state index contributed by atoms with van der Waals surface area (Å²) < 4.78 is 49.0. The van der Waals surface area contributed by atoms with Crippen LogP contribution in [0.25, 0.3) is 0 Å². The highest BCUT2D eigenvalue weighted by Gasteiger charge is 2.05. The first kappa shape index (κ1) is 46.6. The molecule has 0 aliphatic carbocycles. The number of rotatable bonds is 40. The second-order valence-electron chi connectivity index (χ2n) is 12.1. The van der Waals surface area contributed by atoms with Gasteiger partial charge in [-0.1, -0.05) is 84.0 Å². The summed E-state index contributed by atoms with van der Waals surface area (Å²) in [5.74, 6) is 0.417. The molecule has 13 heteroatoms. The van der Waals surface area contributed by atoms with Crippen molar-refractivity contribution < 1.29 is 52.3 Å². The summed E-state index contributed by atoms with van der Waals surface area (Å²) in [5, 5.41) is 10.6. The van der Waals surface area contributed by atoms with Crippen molar-refractivity contribution in [2.24, 2.45) is 0 Å². The second-order valence-corrected chi connectivity index (χ2v) is 12.1. The fourth-order valence-corrected chi connectivity index (χ4v) is 4.88. The van der Waals surface area contributed by atoms with Crippen LogP contribution >= 0.6 is 0 Å². The number of hydrogen-bond acceptors (Lipinski definition) is 12. The van der Waals surface area contributed by atoms with Gasteiger partial charge in [0.1, 0.15) is 19.0 Å². The number of nitrogens with zero attached hydrogens (tertiary/aromatic N) is 1. The predicted octanol–water partition coefficient (Wildman–Crippen LogP) is 7.11. The molecule has 51 heavy (non-hydrogen) atoms. The van der Waals surface area contributed by atoms with Crippen LogP contribution in [0.15, 0.2) is 24.3 Å². The van der Waals surface area contributed by atoms with Crippen molar-refractivity contribution >= 4 is 11.7 Å². The van der Waals surface area contributed by atoms with Gasteiger partial charge in [-0.25, -0.2) is 0 Å². The lowest BCUT2D eigenvalue weighted by atomic mass is 10.0. The van der Waals surface area contributed by atoms with Crippen molar-refractivity contribution in [2.45, 2.75) is 96.8 Å². The maximum Gasteiger partial charge on any atom is 0.305 e. The summed E-state index contributed by atoms with van der Waals surface area (Å²) in [6.07, 6.45) is 17.3. The standard InChI is InChI=1S/C38H67NO12/c1-2-3-4-5-6-7-8-9-10-11-12-13-14-15-38(40)51-35-33-49-31-29-47-27-25-45-23-21-43-20-22-44-24-26-46-28-30-48-32-34-50-37-18-16-36(17-19-37)39(41)42/h16-19H,2-15,20-35H2,1H3. The smallest absolute Gasteiger partial charge is 0.305 e. The lowest BCUT2D eigenvalue weighted by Crippen LogP contribution is -2.15. The molecule has 0 aliphatic rings. The largest absolute Gasteiger partial charge is 0.491 e. The van der Waals surface area contributed by atoms with Gasteiger partial charge in [-0.2, -0.15) is 0 Å². The molecule has 1 aromatic carbocycles. The third kappa shape index (κ3) is 33.2. The number of esters is 1. The van der Waals surface area contributed by atoms with Crippen LogP contribution in [0.4, 0.5) is 5.69 Å². The van der Waals surface area contributed by atoms with Gasteiger partial charge < -0.3 is 42.6 Å². The Labute approximate surface area is 306 Å². The van der Waals surface area contributed by atoms with Crippen molar-refractivity contribution in [3.8, 4) is 5.75 Å². The SMILES string of the molecule is CCCCCCCCCCCCCCCC(=O)OCCOCCOCCOCCOCCOCCOCCOCCOc1ccc([N+](=O)[O-])cc1. The van der Waals surface area contributed by atoms with Crippen molar-refractivity contribution in [3.05, 3.63) is 34.4 Å². The minimum atomic E-state index is -0.451. The minimum absolute atomic E-state index is 0.0256. The second kappa shape index (κ2) is 37.4. The maximum absolute atomic E-state index is 11.9. The van der Waals surface area contributed by atoms with E-state index in [1.807, 2.05) is 0 Å². The van der Waals surface area contributed by atoms with E-state index in [2.05, 4.69) is 6.92 Å². The number of non-ortho nitro benzene ring substituents is 1. The molecule has 0 heterocycles. The average Bonchev–Trinajstić information content (AvgIpc) is 3.13. The van der Waals surface area contributed by atoms with E-state index in [1.54, 1.807) is 12.1 Å². The van der Waals surface area contributed by atoms with Gasteiger partial charge in [-0.05, 0) is 18.6 Å². The van der Waals surface area contributed by atoms with Crippen LogP contribution in [0.5, 0.6) is 5.75 Å². The van der Waals surface area contributed by atoms with Gasteiger partial charge in [0.05, 0.1) is 97.4 Å². The van der Waals surface area contributed by atoms with Gasteiger partial charge in [-0.15, -0.1) is 0 Å². The maximum atomic E-state index is 11.9. The van der Waals surface area contributed by atoms with Gasteiger partial charge >= 0.3 is 5.97 Å². The summed E-state index contributed by atoms with van der Waals surface area (Å²) in [4.78, 5) is 22.1. The Bertz CT molecular complexity index is 905. The topological polar surface area (TPSA) is 143 Å². The zero-order valence-corrected chi connectivity index (χ0v) is 31.4. The number of nitro groups is 1. The Morgan fingerprint density at radius 1 is 0.490 bits per heavy atom. The zero-order chi connectivity index (χ0) is 36.7. The fraction of sp³-hybridized carbons (Fsp3) is 0.816. The predicted molar refractivity (Wildman–Crippen MR) is 196 cm³/mol. The van der Waals surface area contributed by atoms with Gasteiger partial charge in [0.15, 0.2) is 0 Å². The molecule has 13 nitrogen and oxygen atoms in total. The summed E-state index contributed by atoms with van der Waals surface area (Å²) in [5.41, 5.74) is 0.0256. The van der Waals surface area contributed by atoms with Crippen molar-refractivity contribution in [1.82, 2.24) is 0 Å². The molecule has 0 saturated heterocycles. The van der Waals surface area contributed by atoms with Crippen LogP contribution < -0.4 is 4.74 Å². The Balaban J connectivity index is 1.67. The molecule has 0 fully saturated rings. The van der Waals surface area contributed by atoms with Gasteiger partial charge in [0.2, 0.25) is 0 Å². The van der Waals surface area contributed by atoms with Gasteiger partial charge in [-0.3, -0.25) is 14.9 Å². The molecule has 0 spiro atoms. The van der Waals surface area contributed by atoms with Crippen LogP contribution in [0.1, 0.15) is 96.8 Å². The van der Waals surface area contributed by atoms with Gasteiger partial charge in [0, 0.05) is 18.6 Å². The monoisotopic (exact) mass is 729 g/mol. The zero-order valence-electron chi connectivity index (χ0n) is 31.4. The van der Waals surface area contributed by atoms with Crippen LogP contribution in [0, 0.1) is 10.1 Å². The normalized spacial score (nSPS) is 11.2. The highest BCUT2D eigenvalue weighted by atomic mass is 16.6. The minimum Gasteiger partial charge on any atom is -0.491 e. The first-order valence-electron chi connectivity index (χ1n) is 19.2. The van der Waals surface area contributed by atoms with E-state index in [0.29, 0.717) is 111 Å². The molecule has 0 aliphatic heterocycles. The summed E-state index contributed by atoms with van der Waals surface area (Å²) >= 11 is 0. The number of hydrogen-bond donors (Lipinski definition) is 0. The molecule has 0 aromatic heterocycles. The molecular weight excluding hydrogens is 662 g/mol. The molecule has 1 aromatic rings.